The summed E-state index contributed by atoms with van der Waals surface area (Å²) in [6.07, 6.45) is 4.71. The smallest absolute Gasteiger partial charge is 0.188 e. The lowest BCUT2D eigenvalue weighted by Gasteiger charge is -2.14. The van der Waals surface area contributed by atoms with Gasteiger partial charge in [-0.25, -0.2) is 0 Å². The highest BCUT2D eigenvalue weighted by molar-refractivity contribution is 14.0. The molecule has 1 fully saturated rings. The molecular formula is C15H23BrIN3. The van der Waals surface area contributed by atoms with Gasteiger partial charge >= 0.3 is 0 Å². The van der Waals surface area contributed by atoms with Gasteiger partial charge < -0.3 is 11.1 Å². The van der Waals surface area contributed by atoms with Gasteiger partial charge in [-0.2, -0.15) is 0 Å². The van der Waals surface area contributed by atoms with E-state index in [-0.39, 0.29) is 29.4 Å². The summed E-state index contributed by atoms with van der Waals surface area (Å²) in [5.41, 5.74) is 7.48. The van der Waals surface area contributed by atoms with Gasteiger partial charge in [-0.05, 0) is 37.0 Å². The number of nitrogens with one attached hydrogen (secondary N) is 1. The van der Waals surface area contributed by atoms with Crippen molar-refractivity contribution in [3.05, 3.63) is 34.3 Å². The molecule has 2 rings (SSSR count). The number of guanidine groups is 1. The van der Waals surface area contributed by atoms with Crippen molar-refractivity contribution in [3.63, 3.8) is 0 Å². The highest BCUT2D eigenvalue weighted by atomic mass is 127. The molecule has 0 heterocycles. The number of benzene rings is 1. The molecule has 0 spiro atoms. The van der Waals surface area contributed by atoms with Gasteiger partial charge in [0, 0.05) is 16.4 Å². The normalized spacial score (nSPS) is 16.4. The van der Waals surface area contributed by atoms with Crippen LogP contribution in [0.4, 0.5) is 0 Å². The van der Waals surface area contributed by atoms with Crippen LogP contribution in [0.2, 0.25) is 0 Å². The number of nitrogens with two attached hydrogens (primary N) is 1. The van der Waals surface area contributed by atoms with Crippen molar-refractivity contribution in [2.75, 3.05) is 13.1 Å². The SMILES string of the molecule is CCCCNC(N)=NCC1(c2cccc(Br)c2)CC1.I. The van der Waals surface area contributed by atoms with Crippen LogP contribution in [0.1, 0.15) is 38.2 Å². The lowest BCUT2D eigenvalue weighted by molar-refractivity contribution is 0.694. The summed E-state index contributed by atoms with van der Waals surface area (Å²) in [6.45, 7) is 3.87. The maximum absolute atomic E-state index is 5.89. The Morgan fingerprint density at radius 1 is 1.45 bits per heavy atom. The second-order valence-corrected chi connectivity index (χ2v) is 6.19. The van der Waals surface area contributed by atoms with Gasteiger partial charge in [-0.3, -0.25) is 4.99 Å². The van der Waals surface area contributed by atoms with Crippen molar-refractivity contribution in [1.82, 2.24) is 5.32 Å². The zero-order valence-electron chi connectivity index (χ0n) is 11.9. The first-order valence-electron chi connectivity index (χ1n) is 6.96. The van der Waals surface area contributed by atoms with Crippen LogP contribution in [0.5, 0.6) is 0 Å². The Kier molecular flexibility index (Phi) is 7.29. The minimum absolute atomic E-state index is 0. The van der Waals surface area contributed by atoms with Gasteiger partial charge in [0.2, 0.25) is 0 Å². The van der Waals surface area contributed by atoms with E-state index in [2.05, 4.69) is 57.4 Å². The molecule has 1 aliphatic rings. The Balaban J connectivity index is 0.00000200. The Morgan fingerprint density at radius 3 is 2.80 bits per heavy atom. The van der Waals surface area contributed by atoms with Crippen LogP contribution in [0.3, 0.4) is 0 Å². The van der Waals surface area contributed by atoms with Gasteiger partial charge in [0.25, 0.3) is 0 Å². The standard InChI is InChI=1S/C15H22BrN3.HI/c1-2-3-9-18-14(17)19-11-15(7-8-15)12-5-4-6-13(16)10-12;/h4-6,10H,2-3,7-9,11H2,1H3,(H3,17,18,19);1H. The van der Waals surface area contributed by atoms with Crippen LogP contribution in [0.15, 0.2) is 33.7 Å². The molecule has 5 heteroatoms. The summed E-state index contributed by atoms with van der Waals surface area (Å²) in [5.74, 6) is 0.578. The molecule has 0 aromatic heterocycles. The fourth-order valence-electron chi connectivity index (χ4n) is 2.19. The molecule has 1 aromatic carbocycles. The molecule has 1 saturated carbocycles. The van der Waals surface area contributed by atoms with Crippen molar-refractivity contribution in [1.29, 1.82) is 0 Å². The predicted molar refractivity (Wildman–Crippen MR) is 99.9 cm³/mol. The third-order valence-electron chi connectivity index (χ3n) is 3.68. The van der Waals surface area contributed by atoms with E-state index >= 15 is 0 Å². The molecule has 0 saturated heterocycles. The van der Waals surface area contributed by atoms with Crippen LogP contribution in [0.25, 0.3) is 0 Å². The zero-order chi connectivity index (χ0) is 13.7. The molecule has 0 atom stereocenters. The van der Waals surface area contributed by atoms with Crippen LogP contribution in [-0.4, -0.2) is 19.0 Å². The molecule has 0 bridgehead atoms. The maximum Gasteiger partial charge on any atom is 0.188 e. The number of halogens is 2. The number of unbranched alkanes of at least 4 members (excludes halogenated alkanes) is 1. The van der Waals surface area contributed by atoms with Crippen molar-refractivity contribution >= 4 is 45.9 Å². The van der Waals surface area contributed by atoms with Crippen LogP contribution >= 0.6 is 39.9 Å². The van der Waals surface area contributed by atoms with E-state index in [0.717, 1.165) is 24.0 Å². The van der Waals surface area contributed by atoms with Crippen molar-refractivity contribution in [2.45, 2.75) is 38.0 Å². The first-order valence-corrected chi connectivity index (χ1v) is 7.75. The summed E-state index contributed by atoms with van der Waals surface area (Å²) in [6, 6.07) is 8.53. The molecule has 112 valence electrons. The molecular weight excluding hydrogens is 429 g/mol. The summed E-state index contributed by atoms with van der Waals surface area (Å²) < 4.78 is 1.13. The lowest BCUT2D eigenvalue weighted by atomic mass is 9.96. The van der Waals surface area contributed by atoms with Crippen LogP contribution in [0, 0.1) is 0 Å². The minimum Gasteiger partial charge on any atom is -0.370 e. The summed E-state index contributed by atoms with van der Waals surface area (Å²) in [7, 11) is 0. The summed E-state index contributed by atoms with van der Waals surface area (Å²) in [4.78, 5) is 4.50. The molecule has 0 amide bonds. The van der Waals surface area contributed by atoms with E-state index < -0.39 is 0 Å². The average Bonchev–Trinajstić information content (AvgIpc) is 3.18. The van der Waals surface area contributed by atoms with E-state index in [0.29, 0.717) is 5.96 Å². The third-order valence-corrected chi connectivity index (χ3v) is 4.17. The second-order valence-electron chi connectivity index (χ2n) is 5.27. The average molecular weight is 452 g/mol. The van der Waals surface area contributed by atoms with E-state index in [1.165, 1.54) is 24.8 Å². The van der Waals surface area contributed by atoms with Gasteiger partial charge in [0.05, 0.1) is 6.54 Å². The molecule has 1 aliphatic carbocycles. The van der Waals surface area contributed by atoms with E-state index in [9.17, 15) is 0 Å². The van der Waals surface area contributed by atoms with Crippen molar-refractivity contribution < 1.29 is 0 Å². The Bertz CT molecular complexity index is 458. The van der Waals surface area contributed by atoms with Crippen molar-refractivity contribution in [2.24, 2.45) is 10.7 Å². The Hall–Kier alpha value is -0.300. The number of nitrogens with zero attached hydrogens (tertiary/aromatic N) is 1. The van der Waals surface area contributed by atoms with Gasteiger partial charge in [0.1, 0.15) is 0 Å². The summed E-state index contributed by atoms with van der Waals surface area (Å²) >= 11 is 3.53. The lowest BCUT2D eigenvalue weighted by Crippen LogP contribution is -2.33. The minimum atomic E-state index is 0. The molecule has 3 nitrogen and oxygen atoms in total. The Labute approximate surface area is 147 Å². The first kappa shape index (κ1) is 17.8. The van der Waals surface area contributed by atoms with Gasteiger partial charge in [-0.15, -0.1) is 24.0 Å². The Morgan fingerprint density at radius 2 is 2.20 bits per heavy atom. The zero-order valence-corrected chi connectivity index (χ0v) is 15.8. The highest BCUT2D eigenvalue weighted by Crippen LogP contribution is 2.48. The monoisotopic (exact) mass is 451 g/mol. The second kappa shape index (κ2) is 8.22. The quantitative estimate of drug-likeness (QED) is 0.299. The van der Waals surface area contributed by atoms with Crippen LogP contribution in [-0.2, 0) is 5.41 Å². The fourth-order valence-corrected chi connectivity index (χ4v) is 2.59. The van der Waals surface area contributed by atoms with E-state index in [4.69, 9.17) is 5.73 Å². The topological polar surface area (TPSA) is 50.4 Å². The molecule has 0 radical (unpaired) electrons. The maximum atomic E-state index is 5.89. The van der Waals surface area contributed by atoms with E-state index in [1.54, 1.807) is 0 Å². The number of hydrogen-bond donors (Lipinski definition) is 2. The fraction of sp³-hybridized carbons (Fsp3) is 0.533. The molecule has 20 heavy (non-hydrogen) atoms. The summed E-state index contributed by atoms with van der Waals surface area (Å²) in [5, 5.41) is 3.17. The highest BCUT2D eigenvalue weighted by Gasteiger charge is 2.44. The number of rotatable bonds is 6. The van der Waals surface area contributed by atoms with Crippen LogP contribution < -0.4 is 11.1 Å². The molecule has 0 aliphatic heterocycles. The number of hydrogen-bond acceptors (Lipinski definition) is 1. The third kappa shape index (κ3) is 4.91. The molecule has 0 unspecified atom stereocenters. The predicted octanol–water partition coefficient (Wildman–Crippen LogP) is 3.80. The molecule has 1 aromatic rings. The van der Waals surface area contributed by atoms with Gasteiger partial charge in [0.15, 0.2) is 5.96 Å². The molecule has 3 N–H and O–H groups in total. The number of aliphatic imine (C=N–C) groups is 1. The first-order chi connectivity index (χ1) is 9.16. The van der Waals surface area contributed by atoms with Gasteiger partial charge in [-0.1, -0.05) is 41.4 Å². The largest absolute Gasteiger partial charge is 0.370 e. The van der Waals surface area contributed by atoms with E-state index in [1.807, 2.05) is 0 Å². The van der Waals surface area contributed by atoms with Crippen molar-refractivity contribution in [3.8, 4) is 0 Å².